The van der Waals surface area contributed by atoms with E-state index in [9.17, 15) is 0 Å². The molecule has 1 rings (SSSR count). The molecule has 1 heterocycles. The highest BCUT2D eigenvalue weighted by Crippen LogP contribution is 2.19. The molecule has 0 atom stereocenters. The number of ether oxygens (including phenoxy) is 1. The van der Waals surface area contributed by atoms with E-state index >= 15 is 0 Å². The fraction of sp³-hybridized carbons (Fsp3) is 0.286. The molecule has 0 aromatic carbocycles. The van der Waals surface area contributed by atoms with Crippen LogP contribution in [0.2, 0.25) is 5.02 Å². The summed E-state index contributed by atoms with van der Waals surface area (Å²) in [6.07, 6.45) is 1.65. The van der Waals surface area contributed by atoms with Crippen molar-refractivity contribution in [2.24, 2.45) is 0 Å². The Morgan fingerprint density at radius 1 is 1.70 bits per heavy atom. The maximum absolute atomic E-state index is 5.72. The first-order valence-electron chi connectivity index (χ1n) is 3.08. The zero-order valence-electron chi connectivity index (χ0n) is 5.67. The van der Waals surface area contributed by atoms with Crippen molar-refractivity contribution in [3.8, 4) is 5.88 Å². The summed E-state index contributed by atoms with van der Waals surface area (Å²) in [5.74, 6) is 0.506. The molecule has 0 amide bonds. The average molecular weight is 158 g/mol. The van der Waals surface area contributed by atoms with Gasteiger partial charge in [0.2, 0.25) is 5.88 Å². The van der Waals surface area contributed by atoms with E-state index in [2.05, 4.69) is 4.98 Å². The molecule has 1 aromatic heterocycles. The Morgan fingerprint density at radius 3 is 3.10 bits per heavy atom. The van der Waals surface area contributed by atoms with E-state index in [1.807, 2.05) is 6.92 Å². The summed E-state index contributed by atoms with van der Waals surface area (Å²) in [4.78, 5) is 3.91. The van der Waals surface area contributed by atoms with Crippen molar-refractivity contribution >= 4 is 11.6 Å². The Kier molecular flexibility index (Phi) is 2.51. The minimum atomic E-state index is 0.506. The lowest BCUT2D eigenvalue weighted by atomic mass is 10.5. The van der Waals surface area contributed by atoms with E-state index in [0.717, 1.165) is 0 Å². The van der Waals surface area contributed by atoms with E-state index in [4.69, 9.17) is 16.3 Å². The van der Waals surface area contributed by atoms with Gasteiger partial charge in [0.15, 0.2) is 0 Å². The summed E-state index contributed by atoms with van der Waals surface area (Å²) < 4.78 is 5.09. The van der Waals surface area contributed by atoms with E-state index in [-0.39, 0.29) is 0 Å². The van der Waals surface area contributed by atoms with Crippen LogP contribution in [0.15, 0.2) is 18.3 Å². The minimum Gasteiger partial charge on any atom is -0.477 e. The SMILES string of the molecule is CCOc1ncccc1Cl. The van der Waals surface area contributed by atoms with Crippen molar-refractivity contribution in [1.82, 2.24) is 4.98 Å². The Hall–Kier alpha value is -0.760. The van der Waals surface area contributed by atoms with Crippen LogP contribution in [-0.4, -0.2) is 11.6 Å². The number of hydrogen-bond acceptors (Lipinski definition) is 2. The molecule has 0 bridgehead atoms. The highest BCUT2D eigenvalue weighted by atomic mass is 35.5. The number of pyridine rings is 1. The van der Waals surface area contributed by atoms with Gasteiger partial charge in [0.05, 0.1) is 6.61 Å². The molecule has 54 valence electrons. The van der Waals surface area contributed by atoms with Gasteiger partial charge >= 0.3 is 0 Å². The molecular formula is C7H8ClNO. The van der Waals surface area contributed by atoms with Crippen molar-refractivity contribution in [3.05, 3.63) is 23.4 Å². The molecule has 2 nitrogen and oxygen atoms in total. The Bertz CT molecular complexity index is 215. The molecule has 0 aliphatic heterocycles. The van der Waals surface area contributed by atoms with Gasteiger partial charge < -0.3 is 4.74 Å². The van der Waals surface area contributed by atoms with Crippen molar-refractivity contribution in [3.63, 3.8) is 0 Å². The summed E-state index contributed by atoms with van der Waals surface area (Å²) in [5, 5.41) is 0.560. The Balaban J connectivity index is 2.81. The molecule has 0 saturated carbocycles. The van der Waals surface area contributed by atoms with Gasteiger partial charge in [0.1, 0.15) is 5.02 Å². The molecule has 0 saturated heterocycles. The fourth-order valence-electron chi connectivity index (χ4n) is 0.614. The van der Waals surface area contributed by atoms with Gasteiger partial charge in [-0.3, -0.25) is 0 Å². The number of nitrogens with zero attached hydrogens (tertiary/aromatic N) is 1. The maximum Gasteiger partial charge on any atom is 0.232 e. The van der Waals surface area contributed by atoms with Gasteiger partial charge in [-0.25, -0.2) is 4.98 Å². The van der Waals surface area contributed by atoms with Crippen molar-refractivity contribution < 1.29 is 4.74 Å². The minimum absolute atomic E-state index is 0.506. The van der Waals surface area contributed by atoms with Crippen LogP contribution >= 0.6 is 11.6 Å². The molecule has 0 spiro atoms. The van der Waals surface area contributed by atoms with Crippen LogP contribution in [-0.2, 0) is 0 Å². The first kappa shape index (κ1) is 7.35. The van der Waals surface area contributed by atoms with Crippen LogP contribution < -0.4 is 4.74 Å². The lowest BCUT2D eigenvalue weighted by molar-refractivity contribution is 0.327. The Morgan fingerprint density at radius 2 is 2.50 bits per heavy atom. The van der Waals surface area contributed by atoms with Gasteiger partial charge in [-0.1, -0.05) is 11.6 Å². The van der Waals surface area contributed by atoms with E-state index in [1.165, 1.54) is 0 Å². The average Bonchev–Trinajstić information content (AvgIpc) is 1.94. The maximum atomic E-state index is 5.72. The molecule has 0 fully saturated rings. The standard InChI is InChI=1S/C7H8ClNO/c1-2-10-7-6(8)4-3-5-9-7/h3-5H,2H2,1H3. The molecule has 0 radical (unpaired) electrons. The fourth-order valence-corrected chi connectivity index (χ4v) is 0.790. The molecule has 0 aliphatic carbocycles. The lowest BCUT2D eigenvalue weighted by Crippen LogP contribution is -1.93. The predicted molar refractivity (Wildman–Crippen MR) is 40.4 cm³/mol. The number of halogens is 1. The first-order valence-corrected chi connectivity index (χ1v) is 3.45. The summed E-state index contributed by atoms with van der Waals surface area (Å²) in [5.41, 5.74) is 0. The quantitative estimate of drug-likeness (QED) is 0.656. The van der Waals surface area contributed by atoms with Crippen LogP contribution in [0.1, 0.15) is 6.92 Å². The molecule has 3 heteroatoms. The van der Waals surface area contributed by atoms with Gasteiger partial charge in [0.25, 0.3) is 0 Å². The zero-order valence-corrected chi connectivity index (χ0v) is 6.43. The second-order valence-corrected chi connectivity index (χ2v) is 2.13. The second kappa shape index (κ2) is 3.42. The normalized spacial score (nSPS) is 9.40. The number of aromatic nitrogens is 1. The van der Waals surface area contributed by atoms with Gasteiger partial charge in [-0.05, 0) is 19.1 Å². The monoisotopic (exact) mass is 157 g/mol. The van der Waals surface area contributed by atoms with Crippen LogP contribution in [0.25, 0.3) is 0 Å². The smallest absolute Gasteiger partial charge is 0.232 e. The van der Waals surface area contributed by atoms with E-state index in [1.54, 1.807) is 18.3 Å². The van der Waals surface area contributed by atoms with Gasteiger partial charge in [-0.2, -0.15) is 0 Å². The zero-order chi connectivity index (χ0) is 7.40. The molecule has 1 aromatic rings. The van der Waals surface area contributed by atoms with Crippen molar-refractivity contribution in [2.75, 3.05) is 6.61 Å². The van der Waals surface area contributed by atoms with Gasteiger partial charge in [0, 0.05) is 6.20 Å². The lowest BCUT2D eigenvalue weighted by Gasteiger charge is -2.01. The van der Waals surface area contributed by atoms with Gasteiger partial charge in [-0.15, -0.1) is 0 Å². The molecule has 0 unspecified atom stereocenters. The van der Waals surface area contributed by atoms with E-state index < -0.39 is 0 Å². The molecular weight excluding hydrogens is 150 g/mol. The topological polar surface area (TPSA) is 22.1 Å². The molecule has 10 heavy (non-hydrogen) atoms. The number of rotatable bonds is 2. The van der Waals surface area contributed by atoms with Crippen LogP contribution in [0.4, 0.5) is 0 Å². The third kappa shape index (κ3) is 1.61. The first-order chi connectivity index (χ1) is 4.84. The summed E-state index contributed by atoms with van der Waals surface area (Å²) in [7, 11) is 0. The molecule has 0 aliphatic rings. The largest absolute Gasteiger partial charge is 0.477 e. The van der Waals surface area contributed by atoms with E-state index in [0.29, 0.717) is 17.5 Å². The summed E-state index contributed by atoms with van der Waals surface area (Å²) >= 11 is 5.72. The third-order valence-electron chi connectivity index (χ3n) is 1.01. The second-order valence-electron chi connectivity index (χ2n) is 1.72. The number of hydrogen-bond donors (Lipinski definition) is 0. The third-order valence-corrected chi connectivity index (χ3v) is 1.29. The van der Waals surface area contributed by atoms with Crippen LogP contribution in [0.5, 0.6) is 5.88 Å². The summed E-state index contributed by atoms with van der Waals surface area (Å²) in [6, 6.07) is 3.52. The highest BCUT2D eigenvalue weighted by Gasteiger charge is 1.97. The Labute approximate surface area is 64.8 Å². The predicted octanol–water partition coefficient (Wildman–Crippen LogP) is 2.13. The summed E-state index contributed by atoms with van der Waals surface area (Å²) in [6.45, 7) is 2.49. The van der Waals surface area contributed by atoms with Crippen molar-refractivity contribution in [1.29, 1.82) is 0 Å². The molecule has 0 N–H and O–H groups in total. The van der Waals surface area contributed by atoms with Crippen LogP contribution in [0.3, 0.4) is 0 Å². The highest BCUT2D eigenvalue weighted by molar-refractivity contribution is 6.31. The van der Waals surface area contributed by atoms with Crippen molar-refractivity contribution in [2.45, 2.75) is 6.92 Å². The van der Waals surface area contributed by atoms with Crippen LogP contribution in [0, 0.1) is 0 Å².